The van der Waals surface area contributed by atoms with Crippen LogP contribution in [-0.2, 0) is 17.8 Å². The Labute approximate surface area is 164 Å². The number of hydrogen-bond acceptors (Lipinski definition) is 5. The number of benzene rings is 1. The maximum atomic E-state index is 5.75. The highest BCUT2D eigenvalue weighted by atomic mass is 16.5. The van der Waals surface area contributed by atoms with Gasteiger partial charge >= 0.3 is 0 Å². The molecule has 3 rings (SSSR count). The van der Waals surface area contributed by atoms with Crippen molar-refractivity contribution in [2.45, 2.75) is 19.5 Å². The number of rotatable bonds is 9. The molecule has 28 heavy (non-hydrogen) atoms. The van der Waals surface area contributed by atoms with Crippen LogP contribution in [0.15, 0.2) is 53.7 Å². The Balaban J connectivity index is 1.50. The average Bonchev–Trinajstić information content (AvgIpc) is 3.15. The molecule has 0 aliphatic rings. The molecule has 0 bridgehead atoms. The Hall–Kier alpha value is -3.13. The van der Waals surface area contributed by atoms with Gasteiger partial charge in [0, 0.05) is 39.9 Å². The van der Waals surface area contributed by atoms with Crippen molar-refractivity contribution in [2.75, 3.05) is 27.4 Å². The number of methoxy groups -OCH3 is 1. The van der Waals surface area contributed by atoms with Gasteiger partial charge in [0.1, 0.15) is 5.75 Å². The van der Waals surface area contributed by atoms with E-state index in [1.54, 1.807) is 14.2 Å². The van der Waals surface area contributed by atoms with Crippen LogP contribution in [0.1, 0.15) is 17.8 Å². The van der Waals surface area contributed by atoms with Gasteiger partial charge in [-0.15, -0.1) is 10.2 Å². The van der Waals surface area contributed by atoms with E-state index in [4.69, 9.17) is 9.47 Å². The highest BCUT2D eigenvalue weighted by molar-refractivity contribution is 5.79. The first-order chi connectivity index (χ1) is 13.8. The smallest absolute Gasteiger partial charge is 0.191 e. The third kappa shape index (κ3) is 5.43. The van der Waals surface area contributed by atoms with E-state index in [9.17, 15) is 0 Å². The molecular formula is C20H26N6O2. The van der Waals surface area contributed by atoms with E-state index in [1.807, 2.05) is 53.1 Å². The van der Waals surface area contributed by atoms with Crippen LogP contribution in [-0.4, -0.2) is 47.9 Å². The number of aliphatic imine (C=N–C) groups is 1. The van der Waals surface area contributed by atoms with Crippen LogP contribution in [0.5, 0.6) is 5.75 Å². The van der Waals surface area contributed by atoms with E-state index in [0.29, 0.717) is 32.3 Å². The third-order valence-corrected chi connectivity index (χ3v) is 4.14. The fourth-order valence-electron chi connectivity index (χ4n) is 2.72. The summed E-state index contributed by atoms with van der Waals surface area (Å²) in [5.74, 6) is 2.37. The Bertz CT molecular complexity index is 908. The van der Waals surface area contributed by atoms with Gasteiger partial charge in [-0.05, 0) is 29.8 Å². The van der Waals surface area contributed by atoms with Crippen molar-refractivity contribution in [3.63, 3.8) is 0 Å². The second-order valence-electron chi connectivity index (χ2n) is 6.17. The number of ether oxygens (including phenoxy) is 2. The van der Waals surface area contributed by atoms with E-state index < -0.39 is 0 Å². The fourth-order valence-corrected chi connectivity index (χ4v) is 2.72. The van der Waals surface area contributed by atoms with Crippen molar-refractivity contribution in [1.29, 1.82) is 0 Å². The zero-order chi connectivity index (χ0) is 19.6. The largest absolute Gasteiger partial charge is 0.493 e. The maximum Gasteiger partial charge on any atom is 0.191 e. The van der Waals surface area contributed by atoms with E-state index in [1.165, 1.54) is 0 Å². The zero-order valence-corrected chi connectivity index (χ0v) is 16.3. The van der Waals surface area contributed by atoms with Crippen molar-refractivity contribution in [2.24, 2.45) is 4.99 Å². The van der Waals surface area contributed by atoms with E-state index in [2.05, 4.69) is 25.8 Å². The van der Waals surface area contributed by atoms with E-state index >= 15 is 0 Å². The molecule has 0 amide bonds. The lowest BCUT2D eigenvalue weighted by Crippen LogP contribution is -2.36. The Kier molecular flexibility index (Phi) is 7.20. The van der Waals surface area contributed by atoms with Gasteiger partial charge in [0.25, 0.3) is 0 Å². The summed E-state index contributed by atoms with van der Waals surface area (Å²) in [7, 11) is 3.44. The predicted octanol–water partition coefficient (Wildman–Crippen LogP) is 2.01. The summed E-state index contributed by atoms with van der Waals surface area (Å²) in [5, 5.41) is 14.9. The minimum atomic E-state index is 0.521. The monoisotopic (exact) mass is 382 g/mol. The van der Waals surface area contributed by atoms with Gasteiger partial charge in [0.2, 0.25) is 0 Å². The molecule has 0 spiro atoms. The summed E-state index contributed by atoms with van der Waals surface area (Å²) in [6, 6.07) is 13.8. The molecule has 3 aromatic rings. The van der Waals surface area contributed by atoms with Crippen LogP contribution < -0.4 is 15.4 Å². The summed E-state index contributed by atoms with van der Waals surface area (Å²) in [6.45, 7) is 2.49. The third-order valence-electron chi connectivity index (χ3n) is 4.14. The number of nitrogens with zero attached hydrogens (tertiary/aromatic N) is 4. The molecule has 148 valence electrons. The minimum Gasteiger partial charge on any atom is -0.493 e. The maximum absolute atomic E-state index is 5.75. The van der Waals surface area contributed by atoms with Crippen LogP contribution in [0.4, 0.5) is 0 Å². The van der Waals surface area contributed by atoms with Crippen molar-refractivity contribution in [3.8, 4) is 5.75 Å². The number of guanidine groups is 1. The quantitative estimate of drug-likeness (QED) is 0.335. The lowest BCUT2D eigenvalue weighted by Gasteiger charge is -2.12. The van der Waals surface area contributed by atoms with Gasteiger partial charge in [-0.3, -0.25) is 9.39 Å². The van der Waals surface area contributed by atoms with Crippen LogP contribution in [0, 0.1) is 0 Å². The number of fused-ring (bicyclic) bond motifs is 1. The Morgan fingerprint density at radius 1 is 1.07 bits per heavy atom. The predicted molar refractivity (Wildman–Crippen MR) is 108 cm³/mol. The molecule has 0 saturated heterocycles. The first kappa shape index (κ1) is 19.6. The summed E-state index contributed by atoms with van der Waals surface area (Å²) in [5.41, 5.74) is 1.93. The number of nitrogens with one attached hydrogen (secondary N) is 2. The molecule has 2 heterocycles. The van der Waals surface area contributed by atoms with Crippen LogP contribution >= 0.6 is 0 Å². The van der Waals surface area contributed by atoms with Gasteiger partial charge in [-0.2, -0.15) is 0 Å². The standard InChI is InChI=1S/C20H26N6O2/c1-21-20(23-15-19-25-24-18-9-3-4-10-26(18)19)22-14-16-7-5-8-17(13-16)28-12-6-11-27-2/h3-5,7-10,13H,6,11-12,14-15H2,1-2H3,(H2,21,22,23). The molecule has 8 nitrogen and oxygen atoms in total. The van der Waals surface area contributed by atoms with Crippen LogP contribution in [0.3, 0.4) is 0 Å². The first-order valence-corrected chi connectivity index (χ1v) is 9.24. The number of hydrogen-bond donors (Lipinski definition) is 2. The lowest BCUT2D eigenvalue weighted by molar-refractivity contribution is 0.172. The lowest BCUT2D eigenvalue weighted by atomic mass is 10.2. The molecule has 0 aliphatic heterocycles. The molecule has 2 N–H and O–H groups in total. The number of pyridine rings is 1. The molecule has 0 saturated carbocycles. The van der Waals surface area contributed by atoms with Gasteiger partial charge in [0.15, 0.2) is 17.4 Å². The molecule has 0 aliphatic carbocycles. The van der Waals surface area contributed by atoms with Crippen molar-refractivity contribution in [1.82, 2.24) is 25.2 Å². The summed E-state index contributed by atoms with van der Waals surface area (Å²) in [4.78, 5) is 4.27. The molecule has 1 aromatic carbocycles. The SMILES string of the molecule is CN=C(NCc1cccc(OCCCOC)c1)NCc1nnc2ccccn12. The second-order valence-corrected chi connectivity index (χ2v) is 6.17. The summed E-state index contributed by atoms with van der Waals surface area (Å²) >= 11 is 0. The van der Waals surface area contributed by atoms with E-state index in [0.717, 1.165) is 29.2 Å². The molecule has 2 aromatic heterocycles. The van der Waals surface area contributed by atoms with Crippen molar-refractivity contribution >= 4 is 11.6 Å². The second kappa shape index (κ2) is 10.3. The van der Waals surface area contributed by atoms with Crippen LogP contribution in [0.25, 0.3) is 5.65 Å². The first-order valence-electron chi connectivity index (χ1n) is 9.24. The fraction of sp³-hybridized carbons (Fsp3) is 0.350. The highest BCUT2D eigenvalue weighted by Gasteiger charge is 2.06. The molecule has 0 unspecified atom stereocenters. The average molecular weight is 382 g/mol. The Morgan fingerprint density at radius 3 is 2.82 bits per heavy atom. The molecule has 0 fully saturated rings. The molecule has 8 heteroatoms. The van der Waals surface area contributed by atoms with Crippen molar-refractivity contribution < 1.29 is 9.47 Å². The van der Waals surface area contributed by atoms with E-state index in [-0.39, 0.29) is 0 Å². The normalized spacial score (nSPS) is 11.6. The molecule has 0 atom stereocenters. The van der Waals surface area contributed by atoms with Gasteiger partial charge < -0.3 is 20.1 Å². The molecule has 0 radical (unpaired) electrons. The topological polar surface area (TPSA) is 85.1 Å². The highest BCUT2D eigenvalue weighted by Crippen LogP contribution is 2.13. The molecular weight excluding hydrogens is 356 g/mol. The summed E-state index contributed by atoms with van der Waals surface area (Å²) in [6.07, 6.45) is 2.81. The van der Waals surface area contributed by atoms with Crippen LogP contribution in [0.2, 0.25) is 0 Å². The van der Waals surface area contributed by atoms with Gasteiger partial charge in [-0.1, -0.05) is 18.2 Å². The zero-order valence-electron chi connectivity index (χ0n) is 16.3. The summed E-state index contributed by atoms with van der Waals surface area (Å²) < 4.78 is 12.7. The minimum absolute atomic E-state index is 0.521. The number of aromatic nitrogens is 3. The van der Waals surface area contributed by atoms with Crippen molar-refractivity contribution in [3.05, 3.63) is 60.0 Å². The Morgan fingerprint density at radius 2 is 1.96 bits per heavy atom. The van der Waals surface area contributed by atoms with Gasteiger partial charge in [-0.25, -0.2) is 0 Å². The van der Waals surface area contributed by atoms with Gasteiger partial charge in [0.05, 0.1) is 13.2 Å².